The summed E-state index contributed by atoms with van der Waals surface area (Å²) in [5.74, 6) is -2.82. The van der Waals surface area contributed by atoms with Crippen LogP contribution < -0.4 is 10.6 Å². The second kappa shape index (κ2) is 11.4. The number of carbonyl (C=O) groups excluding carboxylic acids is 2. The summed E-state index contributed by atoms with van der Waals surface area (Å²) in [6.45, 7) is 0. The third-order valence-corrected chi connectivity index (χ3v) is 7.85. The van der Waals surface area contributed by atoms with Crippen LogP contribution in [0.2, 0.25) is 0 Å². The number of carboxylic acid groups (broad SMARTS) is 1. The Morgan fingerprint density at radius 3 is 2.39 bits per heavy atom. The number of rotatable bonds is 8. The Labute approximate surface area is 224 Å². The van der Waals surface area contributed by atoms with Crippen LogP contribution in [-0.2, 0) is 14.4 Å². The number of nitrogens with one attached hydrogen (secondary N) is 3. The number of allylic oxidation sites excluding steroid dienone is 2. The number of hydrogen-bond acceptors (Lipinski definition) is 4. The van der Waals surface area contributed by atoms with Crippen molar-refractivity contribution < 1.29 is 19.5 Å². The minimum Gasteiger partial charge on any atom is -0.481 e. The van der Waals surface area contributed by atoms with Crippen LogP contribution in [0.1, 0.15) is 23.7 Å². The lowest BCUT2D eigenvalue weighted by Gasteiger charge is -2.24. The predicted octanol–water partition coefficient (Wildman–Crippen LogP) is 6.25. The molecule has 7 nitrogen and oxygen atoms in total. The highest BCUT2D eigenvalue weighted by molar-refractivity contribution is 8.00. The molecule has 0 saturated heterocycles. The average molecular weight is 526 g/mol. The van der Waals surface area contributed by atoms with Crippen LogP contribution in [0.5, 0.6) is 0 Å². The molecule has 0 spiro atoms. The first kappa shape index (κ1) is 25.4. The van der Waals surface area contributed by atoms with Crippen molar-refractivity contribution in [3.05, 3.63) is 103 Å². The Bertz CT molecular complexity index is 1500. The summed E-state index contributed by atoms with van der Waals surface area (Å²) in [5, 5.41) is 16.0. The van der Waals surface area contributed by atoms with E-state index in [1.165, 1.54) is 11.8 Å². The molecule has 0 fully saturated rings. The van der Waals surface area contributed by atoms with Gasteiger partial charge in [-0.3, -0.25) is 14.4 Å². The topological polar surface area (TPSA) is 111 Å². The van der Waals surface area contributed by atoms with E-state index >= 15 is 0 Å². The zero-order valence-corrected chi connectivity index (χ0v) is 21.3. The van der Waals surface area contributed by atoms with Gasteiger partial charge in [-0.2, -0.15) is 0 Å². The summed E-state index contributed by atoms with van der Waals surface area (Å²) in [6.07, 6.45) is 6.25. The summed E-state index contributed by atoms with van der Waals surface area (Å²) >= 11 is 1.38. The van der Waals surface area contributed by atoms with Crippen molar-refractivity contribution in [3.8, 4) is 0 Å². The smallest absolute Gasteiger partial charge is 0.307 e. The zero-order chi connectivity index (χ0) is 26.5. The van der Waals surface area contributed by atoms with Gasteiger partial charge in [0.1, 0.15) is 5.25 Å². The first-order valence-electron chi connectivity index (χ1n) is 12.4. The molecule has 1 heterocycles. The minimum absolute atomic E-state index is 0.167. The van der Waals surface area contributed by atoms with Crippen LogP contribution in [0.25, 0.3) is 10.9 Å². The van der Waals surface area contributed by atoms with E-state index in [0.29, 0.717) is 24.2 Å². The number of anilines is 2. The maximum absolute atomic E-state index is 13.5. The highest BCUT2D eigenvalue weighted by Gasteiger charge is 2.34. The molecule has 0 bridgehead atoms. The van der Waals surface area contributed by atoms with Gasteiger partial charge in [0, 0.05) is 28.0 Å². The highest BCUT2D eigenvalue weighted by Crippen LogP contribution is 2.37. The average Bonchev–Trinajstić information content (AvgIpc) is 3.40. The lowest BCUT2D eigenvalue weighted by atomic mass is 9.82. The van der Waals surface area contributed by atoms with Gasteiger partial charge in [0.25, 0.3) is 0 Å². The number of carbonyl (C=O) groups is 3. The molecule has 38 heavy (non-hydrogen) atoms. The molecule has 5 rings (SSSR count). The zero-order valence-electron chi connectivity index (χ0n) is 20.5. The van der Waals surface area contributed by atoms with Crippen LogP contribution in [0.15, 0.2) is 102 Å². The van der Waals surface area contributed by atoms with E-state index in [2.05, 4.69) is 15.6 Å². The van der Waals surface area contributed by atoms with Crippen LogP contribution >= 0.6 is 11.8 Å². The number of aromatic amines is 1. The largest absolute Gasteiger partial charge is 0.481 e. The molecule has 3 unspecified atom stereocenters. The number of thioether (sulfide) groups is 1. The fourth-order valence-corrected chi connectivity index (χ4v) is 5.71. The predicted molar refractivity (Wildman–Crippen MR) is 150 cm³/mol. The lowest BCUT2D eigenvalue weighted by molar-refractivity contribution is -0.146. The van der Waals surface area contributed by atoms with Gasteiger partial charge in [-0.05, 0) is 60.2 Å². The second-order valence-electron chi connectivity index (χ2n) is 9.19. The Kier molecular flexibility index (Phi) is 7.60. The van der Waals surface area contributed by atoms with E-state index in [0.717, 1.165) is 21.4 Å². The van der Waals surface area contributed by atoms with Crippen LogP contribution in [0, 0.1) is 11.8 Å². The molecule has 0 aliphatic heterocycles. The molecule has 3 atom stereocenters. The summed E-state index contributed by atoms with van der Waals surface area (Å²) in [6, 6.07) is 24.5. The first-order chi connectivity index (χ1) is 18.5. The normalized spacial score (nSPS) is 17.6. The van der Waals surface area contributed by atoms with Gasteiger partial charge in [-0.1, -0.05) is 54.6 Å². The number of fused-ring (bicyclic) bond motifs is 1. The summed E-state index contributed by atoms with van der Waals surface area (Å²) < 4.78 is 0. The van der Waals surface area contributed by atoms with Crippen molar-refractivity contribution >= 4 is 51.8 Å². The number of amides is 2. The van der Waals surface area contributed by atoms with Gasteiger partial charge >= 0.3 is 5.97 Å². The molecule has 1 aromatic heterocycles. The Morgan fingerprint density at radius 2 is 1.61 bits per heavy atom. The molecule has 1 aliphatic rings. The van der Waals surface area contributed by atoms with Gasteiger partial charge in [0.2, 0.25) is 11.8 Å². The Hall–Kier alpha value is -4.30. The monoisotopic (exact) mass is 525 g/mol. The first-order valence-corrected chi connectivity index (χ1v) is 13.2. The van der Waals surface area contributed by atoms with Gasteiger partial charge in [-0.15, -0.1) is 11.8 Å². The quantitative estimate of drug-likeness (QED) is 0.161. The van der Waals surface area contributed by atoms with Crippen molar-refractivity contribution in [2.24, 2.45) is 11.8 Å². The van der Waals surface area contributed by atoms with E-state index in [9.17, 15) is 19.5 Å². The number of H-pyrrole nitrogens is 1. The number of benzene rings is 3. The van der Waals surface area contributed by atoms with Gasteiger partial charge < -0.3 is 20.7 Å². The van der Waals surface area contributed by atoms with Crippen molar-refractivity contribution in [3.63, 3.8) is 0 Å². The summed E-state index contributed by atoms with van der Waals surface area (Å²) in [7, 11) is 0. The number of aromatic nitrogens is 1. The molecule has 8 heteroatoms. The fourth-order valence-electron chi connectivity index (χ4n) is 4.63. The standard InChI is InChI=1S/C30H27N3O4S/c34-28(24-11-4-5-12-25(24)30(36)37)32-21-9-6-10-23(17-21)38-27(20-7-2-1-3-8-20)29(35)33-22-14-13-19-15-16-31-26(19)18-22/h1-10,13-18,24-25,27,31H,11-12H2,(H,32,34)(H,33,35)(H,36,37). The van der Waals surface area contributed by atoms with E-state index in [4.69, 9.17) is 0 Å². The van der Waals surface area contributed by atoms with Crippen molar-refractivity contribution in [1.29, 1.82) is 0 Å². The van der Waals surface area contributed by atoms with E-state index < -0.39 is 23.1 Å². The SMILES string of the molecule is O=C(Nc1ccc2cc[nH]c2c1)C(Sc1cccc(NC(=O)C2CC=CCC2C(=O)O)c1)c1ccccc1. The number of aliphatic carboxylic acids is 1. The number of hydrogen-bond donors (Lipinski definition) is 4. The van der Waals surface area contributed by atoms with Crippen LogP contribution in [0.4, 0.5) is 11.4 Å². The molecular weight excluding hydrogens is 498 g/mol. The molecule has 0 saturated carbocycles. The molecule has 2 amide bonds. The summed E-state index contributed by atoms with van der Waals surface area (Å²) in [5.41, 5.74) is 3.04. The molecular formula is C30H27N3O4S. The van der Waals surface area contributed by atoms with Gasteiger partial charge in [0.05, 0.1) is 11.8 Å². The van der Waals surface area contributed by atoms with E-state index in [-0.39, 0.29) is 11.8 Å². The second-order valence-corrected chi connectivity index (χ2v) is 10.4. The summed E-state index contributed by atoms with van der Waals surface area (Å²) in [4.78, 5) is 42.0. The fraction of sp³-hybridized carbons (Fsp3) is 0.167. The Morgan fingerprint density at radius 1 is 0.842 bits per heavy atom. The van der Waals surface area contributed by atoms with Crippen molar-refractivity contribution in [2.75, 3.05) is 10.6 Å². The van der Waals surface area contributed by atoms with Gasteiger partial charge in [0.15, 0.2) is 0 Å². The Balaban J connectivity index is 1.34. The van der Waals surface area contributed by atoms with E-state index in [1.807, 2.05) is 91.1 Å². The van der Waals surface area contributed by atoms with Gasteiger partial charge in [-0.25, -0.2) is 0 Å². The molecule has 1 aliphatic carbocycles. The van der Waals surface area contributed by atoms with Crippen LogP contribution in [0.3, 0.4) is 0 Å². The minimum atomic E-state index is -0.967. The maximum Gasteiger partial charge on any atom is 0.307 e. The molecule has 0 radical (unpaired) electrons. The van der Waals surface area contributed by atoms with Crippen molar-refractivity contribution in [1.82, 2.24) is 4.98 Å². The third-order valence-electron chi connectivity index (χ3n) is 6.60. The lowest BCUT2D eigenvalue weighted by Crippen LogP contribution is -2.34. The van der Waals surface area contributed by atoms with E-state index in [1.54, 1.807) is 6.07 Å². The maximum atomic E-state index is 13.5. The molecule has 4 aromatic rings. The number of carboxylic acids is 1. The van der Waals surface area contributed by atoms with Crippen LogP contribution in [-0.4, -0.2) is 27.9 Å². The molecule has 3 aromatic carbocycles. The molecule has 192 valence electrons. The van der Waals surface area contributed by atoms with Crippen molar-refractivity contribution in [2.45, 2.75) is 23.0 Å². The highest BCUT2D eigenvalue weighted by atomic mass is 32.2. The third kappa shape index (κ3) is 5.81. The molecule has 4 N–H and O–H groups in total.